The average Bonchev–Trinajstić information content (AvgIpc) is 3.17. The van der Waals surface area contributed by atoms with Gasteiger partial charge < -0.3 is 14.9 Å². The van der Waals surface area contributed by atoms with Gasteiger partial charge in [-0.3, -0.25) is 4.79 Å². The van der Waals surface area contributed by atoms with Crippen LogP contribution < -0.4 is 0 Å². The molecule has 2 atom stereocenters. The number of carbonyl (C=O) groups is 2. The van der Waals surface area contributed by atoms with Crippen LogP contribution in [0.1, 0.15) is 32.6 Å². The van der Waals surface area contributed by atoms with Crippen LogP contribution in [0.3, 0.4) is 0 Å². The molecule has 1 saturated carbocycles. The van der Waals surface area contributed by atoms with E-state index in [-0.39, 0.29) is 16.7 Å². The molecular weight excluding hydrogens is 439 g/mol. The minimum atomic E-state index is -5.08. The third-order valence-electron chi connectivity index (χ3n) is 7.13. The monoisotopic (exact) mass is 471 g/mol. The molecule has 0 aromatic heterocycles. The summed E-state index contributed by atoms with van der Waals surface area (Å²) in [6.45, 7) is 6.19. The third-order valence-corrected chi connectivity index (χ3v) is 8.43. The van der Waals surface area contributed by atoms with Crippen molar-refractivity contribution in [1.29, 1.82) is 0 Å². The predicted molar refractivity (Wildman–Crippen MR) is 108 cm³/mol. The van der Waals surface area contributed by atoms with Gasteiger partial charge in [-0.15, -0.1) is 0 Å². The molecular formula is C19H32F3N3O5S. The van der Waals surface area contributed by atoms with Crippen molar-refractivity contribution in [2.75, 3.05) is 53.1 Å². The van der Waals surface area contributed by atoms with E-state index in [1.54, 1.807) is 9.21 Å². The van der Waals surface area contributed by atoms with E-state index in [1.165, 1.54) is 6.26 Å². The summed E-state index contributed by atoms with van der Waals surface area (Å²) < 4.78 is 57.0. The van der Waals surface area contributed by atoms with E-state index in [0.717, 1.165) is 45.3 Å². The summed E-state index contributed by atoms with van der Waals surface area (Å²) >= 11 is 0. The maximum atomic E-state index is 13.1. The molecule has 12 heteroatoms. The third kappa shape index (κ3) is 5.16. The van der Waals surface area contributed by atoms with Gasteiger partial charge in [0.25, 0.3) is 0 Å². The van der Waals surface area contributed by atoms with Crippen molar-refractivity contribution in [3.05, 3.63) is 0 Å². The average molecular weight is 472 g/mol. The maximum Gasteiger partial charge on any atom is 0.490 e. The molecule has 8 nitrogen and oxygen atoms in total. The number of nitrogens with zero attached hydrogens (tertiary/aromatic N) is 3. The van der Waals surface area contributed by atoms with E-state index in [0.29, 0.717) is 19.0 Å². The van der Waals surface area contributed by atoms with E-state index in [4.69, 9.17) is 9.90 Å². The number of sulfonamides is 1. The topological polar surface area (TPSA) is 98.2 Å². The maximum absolute atomic E-state index is 13.1. The van der Waals surface area contributed by atoms with E-state index in [2.05, 4.69) is 11.8 Å². The number of piperidine rings is 1. The van der Waals surface area contributed by atoms with Crippen molar-refractivity contribution in [2.45, 2.75) is 38.8 Å². The van der Waals surface area contributed by atoms with Crippen LogP contribution in [0.15, 0.2) is 0 Å². The first-order valence-corrected chi connectivity index (χ1v) is 12.1. The Labute approximate surface area is 181 Å². The van der Waals surface area contributed by atoms with Crippen LogP contribution in [-0.4, -0.2) is 98.8 Å². The number of carbonyl (C=O) groups excluding carboxylic acids is 1. The number of halogens is 3. The second-order valence-electron chi connectivity index (χ2n) is 9.06. The highest BCUT2D eigenvalue weighted by molar-refractivity contribution is 7.88. The molecule has 1 aliphatic carbocycles. The van der Waals surface area contributed by atoms with Gasteiger partial charge in [0.15, 0.2) is 0 Å². The molecule has 3 aliphatic rings. The number of carboxylic acid groups (broad SMARTS) is 1. The van der Waals surface area contributed by atoms with Crippen LogP contribution in [0, 0.1) is 16.7 Å². The van der Waals surface area contributed by atoms with Gasteiger partial charge in [-0.25, -0.2) is 17.5 Å². The van der Waals surface area contributed by atoms with E-state index < -0.39 is 22.2 Å². The fourth-order valence-electron chi connectivity index (χ4n) is 5.56. The molecule has 0 aromatic rings. The van der Waals surface area contributed by atoms with E-state index in [9.17, 15) is 26.4 Å². The van der Waals surface area contributed by atoms with Crippen molar-refractivity contribution >= 4 is 21.9 Å². The minimum Gasteiger partial charge on any atom is -0.475 e. The number of aliphatic carboxylic acids is 1. The Bertz CT molecular complexity index is 794. The molecule has 1 N–H and O–H groups in total. The number of amides is 1. The zero-order valence-electron chi connectivity index (χ0n) is 18.4. The number of rotatable bonds is 3. The normalized spacial score (nSPS) is 28.7. The lowest BCUT2D eigenvalue weighted by molar-refractivity contribution is -0.192. The summed E-state index contributed by atoms with van der Waals surface area (Å²) in [5, 5.41) is 7.12. The SMILES string of the molecule is CCN1C[C@H]2C3(CCN(S(C)(=O)=O)CC3)CC[C@@]2(C(=O)N(C)C)C1.O=C(O)C(F)(F)F. The molecule has 180 valence electrons. The van der Waals surface area contributed by atoms with Gasteiger partial charge in [-0.1, -0.05) is 6.92 Å². The lowest BCUT2D eigenvalue weighted by atomic mass is 9.66. The van der Waals surface area contributed by atoms with Gasteiger partial charge in [-0.05, 0) is 43.6 Å². The van der Waals surface area contributed by atoms with Crippen LogP contribution in [0.5, 0.6) is 0 Å². The number of hydrogen-bond donors (Lipinski definition) is 1. The fraction of sp³-hybridized carbons (Fsp3) is 0.895. The molecule has 2 heterocycles. The molecule has 1 amide bonds. The smallest absolute Gasteiger partial charge is 0.475 e. The zero-order chi connectivity index (χ0) is 23.8. The summed E-state index contributed by atoms with van der Waals surface area (Å²) in [6.07, 6.45) is 0.0137. The van der Waals surface area contributed by atoms with Crippen molar-refractivity contribution in [3.8, 4) is 0 Å². The van der Waals surface area contributed by atoms with Crippen LogP contribution >= 0.6 is 0 Å². The quantitative estimate of drug-likeness (QED) is 0.670. The van der Waals surface area contributed by atoms with Gasteiger partial charge in [0.2, 0.25) is 15.9 Å². The van der Waals surface area contributed by atoms with Gasteiger partial charge in [-0.2, -0.15) is 13.2 Å². The van der Waals surface area contributed by atoms with Gasteiger partial charge in [0, 0.05) is 40.3 Å². The Morgan fingerprint density at radius 1 is 1.13 bits per heavy atom. The van der Waals surface area contributed by atoms with E-state index in [1.807, 2.05) is 14.1 Å². The van der Waals surface area contributed by atoms with Gasteiger partial charge >= 0.3 is 12.1 Å². The fourth-order valence-corrected chi connectivity index (χ4v) is 6.40. The van der Waals surface area contributed by atoms with Crippen molar-refractivity contribution in [3.63, 3.8) is 0 Å². The molecule has 0 bridgehead atoms. The standard InChI is InChI=1S/C17H31N3O3S.C2HF3O2/c1-5-19-12-14-16(8-10-20(11-9-16)24(4,22)23)6-7-17(14,13-19)15(21)18(2)3;3-2(4,5)1(6)7/h14H,5-13H2,1-4H3;(H,6,7)/t14-,17+;/m0./s1. The Morgan fingerprint density at radius 2 is 1.65 bits per heavy atom. The van der Waals surface area contributed by atoms with Gasteiger partial charge in [0.05, 0.1) is 11.7 Å². The molecule has 1 spiro atoms. The largest absolute Gasteiger partial charge is 0.490 e. The van der Waals surface area contributed by atoms with Crippen LogP contribution in [0.2, 0.25) is 0 Å². The molecule has 2 saturated heterocycles. The molecule has 0 aromatic carbocycles. The lowest BCUT2D eigenvalue weighted by Gasteiger charge is -2.44. The number of fused-ring (bicyclic) bond motifs is 2. The van der Waals surface area contributed by atoms with Gasteiger partial charge in [0.1, 0.15) is 0 Å². The first-order chi connectivity index (χ1) is 14.1. The van der Waals surface area contributed by atoms with Crippen LogP contribution in [0.4, 0.5) is 13.2 Å². The molecule has 31 heavy (non-hydrogen) atoms. The van der Waals surface area contributed by atoms with Crippen molar-refractivity contribution < 1.29 is 36.3 Å². The molecule has 0 unspecified atom stereocenters. The summed E-state index contributed by atoms with van der Waals surface area (Å²) in [6, 6.07) is 0. The highest BCUT2D eigenvalue weighted by atomic mass is 32.2. The first-order valence-electron chi connectivity index (χ1n) is 10.3. The second-order valence-corrected chi connectivity index (χ2v) is 11.0. The number of carboxylic acids is 1. The lowest BCUT2D eigenvalue weighted by Crippen LogP contribution is -2.49. The highest BCUT2D eigenvalue weighted by Crippen LogP contribution is 2.62. The molecule has 2 aliphatic heterocycles. The number of hydrogen-bond acceptors (Lipinski definition) is 5. The Hall–Kier alpha value is -1.40. The molecule has 0 radical (unpaired) electrons. The first kappa shape index (κ1) is 25.9. The van der Waals surface area contributed by atoms with Crippen molar-refractivity contribution in [1.82, 2.24) is 14.1 Å². The summed E-state index contributed by atoms with van der Waals surface area (Å²) in [5.41, 5.74) is -0.121. The second kappa shape index (κ2) is 8.86. The molecule has 3 fully saturated rings. The van der Waals surface area contributed by atoms with E-state index >= 15 is 0 Å². The number of alkyl halides is 3. The Balaban J connectivity index is 0.000000423. The number of likely N-dealkylation sites (tertiary alicyclic amines) is 1. The predicted octanol–water partition coefficient (Wildman–Crippen LogP) is 1.48. The Kier molecular flexibility index (Phi) is 7.39. The van der Waals surface area contributed by atoms with Crippen LogP contribution in [-0.2, 0) is 19.6 Å². The summed E-state index contributed by atoms with van der Waals surface area (Å²) in [7, 11) is 0.615. The van der Waals surface area contributed by atoms with Crippen molar-refractivity contribution in [2.24, 2.45) is 16.7 Å². The molecule has 3 rings (SSSR count). The summed E-state index contributed by atoms with van der Waals surface area (Å²) in [5.74, 6) is -2.13. The van der Waals surface area contributed by atoms with Crippen LogP contribution in [0.25, 0.3) is 0 Å². The Morgan fingerprint density at radius 3 is 2.03 bits per heavy atom. The minimum absolute atomic E-state index is 0.136. The zero-order valence-corrected chi connectivity index (χ0v) is 19.2. The summed E-state index contributed by atoms with van der Waals surface area (Å²) in [4.78, 5) is 26.1. The highest BCUT2D eigenvalue weighted by Gasteiger charge is 2.64.